The van der Waals surface area contributed by atoms with Crippen molar-refractivity contribution >= 4 is 17.6 Å². The number of likely N-dealkylation sites (tertiary alicyclic amines) is 1. The normalized spacial score (nSPS) is 14.4. The van der Waals surface area contributed by atoms with Crippen LogP contribution in [-0.4, -0.2) is 47.5 Å². The molecule has 1 heterocycles. The molecule has 1 fully saturated rings. The highest BCUT2D eigenvalue weighted by atomic mass is 16.5. The van der Waals surface area contributed by atoms with Crippen molar-refractivity contribution in [2.45, 2.75) is 25.4 Å². The van der Waals surface area contributed by atoms with Crippen LogP contribution in [-0.2, 0) is 14.3 Å². The Morgan fingerprint density at radius 3 is 2.31 bits per heavy atom. The zero-order valence-electron chi connectivity index (χ0n) is 16.3. The number of carbonyl (C=O) groups excluding carboxylic acids is 2. The molecular weight excluding hydrogens is 370 g/mol. The zero-order valence-corrected chi connectivity index (χ0v) is 16.3. The van der Waals surface area contributed by atoms with Crippen molar-refractivity contribution in [2.75, 3.05) is 20.2 Å². The van der Waals surface area contributed by atoms with Gasteiger partial charge < -0.3 is 19.9 Å². The van der Waals surface area contributed by atoms with Gasteiger partial charge in [0.1, 0.15) is 11.3 Å². The molecule has 0 aliphatic carbocycles. The Hall–Kier alpha value is -3.44. The molecule has 29 heavy (non-hydrogen) atoms. The molecule has 0 N–H and O–H groups in total. The number of carbonyl (C=O) groups is 2. The lowest BCUT2D eigenvalue weighted by molar-refractivity contribution is -0.158. The highest BCUT2D eigenvalue weighted by Gasteiger charge is 2.35. The van der Waals surface area contributed by atoms with Gasteiger partial charge in [0.25, 0.3) is 5.91 Å². The van der Waals surface area contributed by atoms with Crippen LogP contribution < -0.4 is 4.74 Å². The highest BCUT2D eigenvalue weighted by molar-refractivity contribution is 6.41. The third-order valence-corrected chi connectivity index (χ3v) is 4.87. The van der Waals surface area contributed by atoms with E-state index in [2.05, 4.69) is 4.79 Å². The standard InChI is InChI=1S/C22H23N3O4/c1-28-18-13-7-6-12-17(18)19(24-23)22(27)29-20(16-10-4-2-5-11-16)21(26)25-14-8-3-9-15-25/h2,4-7,10-13,20H,3,8-9,14-15H2,1H3. The molecular formula is C22H23N3O4. The largest absolute Gasteiger partial charge is 0.496 e. The van der Waals surface area contributed by atoms with E-state index in [1.807, 2.05) is 6.07 Å². The highest BCUT2D eigenvalue weighted by Crippen LogP contribution is 2.24. The summed E-state index contributed by atoms with van der Waals surface area (Å²) in [5.41, 5.74) is 9.99. The fraction of sp³-hybridized carbons (Fsp3) is 0.318. The Morgan fingerprint density at radius 1 is 1.00 bits per heavy atom. The summed E-state index contributed by atoms with van der Waals surface area (Å²) in [6, 6.07) is 15.5. The molecule has 1 saturated heterocycles. The number of amides is 1. The van der Waals surface area contributed by atoms with Crippen molar-refractivity contribution in [3.05, 3.63) is 71.3 Å². The number of nitrogens with zero attached hydrogens (tertiary/aromatic N) is 3. The zero-order chi connectivity index (χ0) is 20.6. The van der Waals surface area contributed by atoms with E-state index in [1.54, 1.807) is 53.4 Å². The van der Waals surface area contributed by atoms with Crippen LogP contribution in [0.25, 0.3) is 5.53 Å². The summed E-state index contributed by atoms with van der Waals surface area (Å²) in [4.78, 5) is 30.8. The molecule has 1 amide bonds. The van der Waals surface area contributed by atoms with Gasteiger partial charge in [-0.3, -0.25) is 4.79 Å². The van der Waals surface area contributed by atoms with Gasteiger partial charge in [-0.2, -0.15) is 4.79 Å². The number of ether oxygens (including phenoxy) is 2. The summed E-state index contributed by atoms with van der Waals surface area (Å²) in [6.07, 6.45) is 1.81. The van der Waals surface area contributed by atoms with Crippen molar-refractivity contribution in [1.29, 1.82) is 0 Å². The summed E-state index contributed by atoms with van der Waals surface area (Å²) in [7, 11) is 1.45. The maximum absolute atomic E-state index is 13.1. The number of hydrogen-bond acceptors (Lipinski definition) is 4. The second kappa shape index (κ2) is 9.66. The summed E-state index contributed by atoms with van der Waals surface area (Å²) in [5, 5.41) is 0. The van der Waals surface area contributed by atoms with Crippen molar-refractivity contribution in [1.82, 2.24) is 4.90 Å². The van der Waals surface area contributed by atoms with E-state index in [0.29, 0.717) is 24.4 Å². The Kier molecular flexibility index (Phi) is 6.76. The van der Waals surface area contributed by atoms with Crippen molar-refractivity contribution in [2.24, 2.45) is 0 Å². The van der Waals surface area contributed by atoms with Crippen LogP contribution in [0.5, 0.6) is 5.75 Å². The monoisotopic (exact) mass is 393 g/mol. The van der Waals surface area contributed by atoms with Crippen molar-refractivity contribution in [3.8, 4) is 5.75 Å². The number of methoxy groups -OCH3 is 1. The van der Waals surface area contributed by atoms with Crippen LogP contribution in [0, 0.1) is 0 Å². The van der Waals surface area contributed by atoms with Gasteiger partial charge in [-0.1, -0.05) is 42.5 Å². The molecule has 3 rings (SSSR count). The second-order valence-electron chi connectivity index (χ2n) is 6.73. The first-order valence-electron chi connectivity index (χ1n) is 9.56. The van der Waals surface area contributed by atoms with Crippen LogP contribution in [0.1, 0.15) is 36.5 Å². The maximum Gasteiger partial charge on any atom is 0.423 e. The number of rotatable bonds is 6. The van der Waals surface area contributed by atoms with Crippen LogP contribution in [0.3, 0.4) is 0 Å². The molecule has 0 bridgehead atoms. The average Bonchev–Trinajstić information content (AvgIpc) is 2.79. The molecule has 2 aromatic rings. The fourth-order valence-electron chi connectivity index (χ4n) is 3.38. The van der Waals surface area contributed by atoms with Crippen LogP contribution in [0.2, 0.25) is 0 Å². The molecule has 7 nitrogen and oxygen atoms in total. The van der Waals surface area contributed by atoms with Crippen LogP contribution >= 0.6 is 0 Å². The third kappa shape index (κ3) is 4.70. The number of esters is 1. The summed E-state index contributed by atoms with van der Waals surface area (Å²) >= 11 is 0. The molecule has 1 unspecified atom stereocenters. The first-order chi connectivity index (χ1) is 14.2. The first-order valence-corrected chi connectivity index (χ1v) is 9.56. The molecule has 150 valence electrons. The van der Waals surface area contributed by atoms with Gasteiger partial charge >= 0.3 is 11.7 Å². The number of para-hydroxylation sites is 1. The lowest BCUT2D eigenvalue weighted by atomic mass is 10.1. The Balaban J connectivity index is 1.89. The van der Waals surface area contributed by atoms with Crippen molar-refractivity contribution in [3.63, 3.8) is 0 Å². The van der Waals surface area contributed by atoms with Gasteiger partial charge in [-0.25, -0.2) is 4.79 Å². The fourth-order valence-corrected chi connectivity index (χ4v) is 3.38. The van der Waals surface area contributed by atoms with E-state index in [0.717, 1.165) is 19.3 Å². The molecule has 0 spiro atoms. The SMILES string of the molecule is COc1ccccc1C(=[N+]=[N-])C(=O)OC(C(=O)N1CCCCC1)c1ccccc1. The minimum absolute atomic E-state index is 0.276. The predicted octanol–water partition coefficient (Wildman–Crippen LogP) is 3.01. The average molecular weight is 393 g/mol. The van der Waals surface area contributed by atoms with Crippen LogP contribution in [0.15, 0.2) is 54.6 Å². The minimum Gasteiger partial charge on any atom is -0.496 e. The molecule has 0 aromatic heterocycles. The second-order valence-corrected chi connectivity index (χ2v) is 6.73. The molecule has 1 aliphatic heterocycles. The first kappa shape index (κ1) is 20.3. The predicted molar refractivity (Wildman–Crippen MR) is 106 cm³/mol. The van der Waals surface area contributed by atoms with Gasteiger partial charge in [0.05, 0.1) is 7.11 Å². The Bertz CT molecular complexity index is 917. The van der Waals surface area contributed by atoms with Gasteiger partial charge in [0.2, 0.25) is 6.10 Å². The molecule has 1 aliphatic rings. The Labute approximate surface area is 169 Å². The van der Waals surface area contributed by atoms with E-state index >= 15 is 0 Å². The van der Waals surface area contributed by atoms with E-state index in [-0.39, 0.29) is 17.2 Å². The molecule has 2 aromatic carbocycles. The molecule has 0 saturated carbocycles. The van der Waals surface area contributed by atoms with Crippen LogP contribution in [0.4, 0.5) is 0 Å². The lowest BCUT2D eigenvalue weighted by Crippen LogP contribution is -2.40. The lowest BCUT2D eigenvalue weighted by Gasteiger charge is -2.30. The molecule has 1 atom stereocenters. The number of piperidine rings is 1. The molecule has 0 radical (unpaired) electrons. The maximum atomic E-state index is 13.1. The van der Waals surface area contributed by atoms with Gasteiger partial charge in [-0.15, -0.1) is 0 Å². The van der Waals surface area contributed by atoms with E-state index in [4.69, 9.17) is 9.47 Å². The topological polar surface area (TPSA) is 92.2 Å². The minimum atomic E-state index is -1.12. The summed E-state index contributed by atoms with van der Waals surface area (Å²) in [5.74, 6) is -0.825. The number of benzene rings is 2. The Morgan fingerprint density at radius 2 is 1.66 bits per heavy atom. The summed E-state index contributed by atoms with van der Waals surface area (Å²) < 4.78 is 10.8. The van der Waals surface area contributed by atoms with E-state index in [9.17, 15) is 15.1 Å². The summed E-state index contributed by atoms with van der Waals surface area (Å²) in [6.45, 7) is 1.26. The third-order valence-electron chi connectivity index (χ3n) is 4.87. The van der Waals surface area contributed by atoms with Gasteiger partial charge in [0, 0.05) is 18.7 Å². The quantitative estimate of drug-likeness (QED) is 0.326. The van der Waals surface area contributed by atoms with E-state index in [1.165, 1.54) is 7.11 Å². The van der Waals surface area contributed by atoms with E-state index < -0.39 is 12.1 Å². The smallest absolute Gasteiger partial charge is 0.423 e. The van der Waals surface area contributed by atoms with Crippen molar-refractivity contribution < 1.29 is 23.9 Å². The molecule has 7 heteroatoms. The van der Waals surface area contributed by atoms with Gasteiger partial charge in [0.15, 0.2) is 0 Å². The number of hydrogen-bond donors (Lipinski definition) is 0. The van der Waals surface area contributed by atoms with Gasteiger partial charge in [-0.05, 0) is 31.4 Å².